The van der Waals surface area contributed by atoms with E-state index in [9.17, 15) is 4.79 Å². The quantitative estimate of drug-likeness (QED) is 0.926. The molecule has 0 unspecified atom stereocenters. The van der Waals surface area contributed by atoms with E-state index in [1.165, 1.54) is 0 Å². The van der Waals surface area contributed by atoms with Gasteiger partial charge in [0.1, 0.15) is 11.5 Å². The van der Waals surface area contributed by atoms with Crippen LogP contribution in [0, 0.1) is 0 Å². The molecular formula is C15H14BrNO3. The summed E-state index contributed by atoms with van der Waals surface area (Å²) in [5.74, 6) is 1.02. The normalized spacial score (nSPS) is 9.95. The zero-order chi connectivity index (χ0) is 14.5. The molecule has 0 aliphatic rings. The third-order valence-corrected chi connectivity index (χ3v) is 3.23. The highest BCUT2D eigenvalue weighted by atomic mass is 79.9. The molecule has 0 radical (unpaired) electrons. The fraction of sp³-hybridized carbons (Fsp3) is 0.133. The molecule has 2 aromatic rings. The Morgan fingerprint density at radius 2 is 1.90 bits per heavy atom. The molecule has 1 amide bonds. The molecule has 0 bridgehead atoms. The number of carbonyl (C=O) groups excluding carboxylic acids is 1. The van der Waals surface area contributed by atoms with Crippen molar-refractivity contribution in [2.75, 3.05) is 19.5 Å². The van der Waals surface area contributed by atoms with Gasteiger partial charge >= 0.3 is 0 Å². The molecule has 4 nitrogen and oxygen atoms in total. The van der Waals surface area contributed by atoms with Crippen molar-refractivity contribution in [1.82, 2.24) is 0 Å². The summed E-state index contributed by atoms with van der Waals surface area (Å²) in [6.45, 7) is 0. The summed E-state index contributed by atoms with van der Waals surface area (Å²) in [7, 11) is 3.12. The molecule has 0 aliphatic heterocycles. The van der Waals surface area contributed by atoms with Crippen molar-refractivity contribution < 1.29 is 14.3 Å². The Labute approximate surface area is 125 Å². The minimum atomic E-state index is -0.210. The standard InChI is InChI=1S/C15H14BrNO3/c1-19-12-6-7-14(20-2)13(9-12)17-15(18)10-4-3-5-11(16)8-10/h3-9H,1-2H3,(H,17,18). The van der Waals surface area contributed by atoms with Crippen molar-refractivity contribution in [3.05, 3.63) is 52.5 Å². The van der Waals surface area contributed by atoms with Crippen molar-refractivity contribution in [2.45, 2.75) is 0 Å². The van der Waals surface area contributed by atoms with Crippen LogP contribution in [0.15, 0.2) is 46.9 Å². The molecule has 2 aromatic carbocycles. The van der Waals surface area contributed by atoms with Gasteiger partial charge < -0.3 is 14.8 Å². The molecule has 0 aliphatic carbocycles. The van der Waals surface area contributed by atoms with E-state index in [1.54, 1.807) is 44.6 Å². The number of anilines is 1. The Kier molecular flexibility index (Phi) is 4.63. The van der Waals surface area contributed by atoms with E-state index in [1.807, 2.05) is 12.1 Å². The predicted molar refractivity (Wildman–Crippen MR) is 81.6 cm³/mol. The van der Waals surface area contributed by atoms with Crippen molar-refractivity contribution in [1.29, 1.82) is 0 Å². The molecule has 1 N–H and O–H groups in total. The largest absolute Gasteiger partial charge is 0.497 e. The Bertz CT molecular complexity index is 628. The van der Waals surface area contributed by atoms with Gasteiger partial charge in [0.2, 0.25) is 0 Å². The molecule has 0 saturated carbocycles. The van der Waals surface area contributed by atoms with Crippen LogP contribution in [0.25, 0.3) is 0 Å². The topological polar surface area (TPSA) is 47.6 Å². The van der Waals surface area contributed by atoms with Gasteiger partial charge in [-0.2, -0.15) is 0 Å². The van der Waals surface area contributed by atoms with Crippen LogP contribution in [0.3, 0.4) is 0 Å². The highest BCUT2D eigenvalue weighted by Crippen LogP contribution is 2.29. The summed E-state index contributed by atoms with van der Waals surface area (Å²) in [5.41, 5.74) is 1.13. The number of methoxy groups -OCH3 is 2. The number of carbonyl (C=O) groups is 1. The highest BCUT2D eigenvalue weighted by molar-refractivity contribution is 9.10. The third kappa shape index (κ3) is 3.30. The Hall–Kier alpha value is -2.01. The average molecular weight is 336 g/mol. The van der Waals surface area contributed by atoms with Crippen molar-refractivity contribution >= 4 is 27.5 Å². The lowest BCUT2D eigenvalue weighted by Crippen LogP contribution is -2.12. The first-order valence-corrected chi connectivity index (χ1v) is 6.72. The maximum Gasteiger partial charge on any atom is 0.255 e. The number of hydrogen-bond donors (Lipinski definition) is 1. The monoisotopic (exact) mass is 335 g/mol. The second-order valence-corrected chi connectivity index (χ2v) is 4.95. The summed E-state index contributed by atoms with van der Waals surface area (Å²) >= 11 is 3.34. The average Bonchev–Trinajstić information content (AvgIpc) is 2.47. The van der Waals surface area contributed by atoms with Crippen LogP contribution in [0.1, 0.15) is 10.4 Å². The maximum atomic E-state index is 12.2. The molecule has 0 saturated heterocycles. The Balaban J connectivity index is 2.27. The predicted octanol–water partition coefficient (Wildman–Crippen LogP) is 3.72. The summed E-state index contributed by atoms with van der Waals surface area (Å²) < 4.78 is 11.2. The van der Waals surface area contributed by atoms with Crippen molar-refractivity contribution in [3.63, 3.8) is 0 Å². The van der Waals surface area contributed by atoms with Gasteiger partial charge in [0.15, 0.2) is 0 Å². The van der Waals surface area contributed by atoms with Gasteiger partial charge in [-0.1, -0.05) is 22.0 Å². The van der Waals surface area contributed by atoms with Gasteiger partial charge in [-0.25, -0.2) is 0 Å². The second-order valence-electron chi connectivity index (χ2n) is 4.03. The summed E-state index contributed by atoms with van der Waals surface area (Å²) in [6, 6.07) is 12.4. The molecule has 5 heteroatoms. The van der Waals surface area contributed by atoms with Gasteiger partial charge in [-0.3, -0.25) is 4.79 Å². The zero-order valence-electron chi connectivity index (χ0n) is 11.1. The molecule has 0 aromatic heterocycles. The second kappa shape index (κ2) is 6.43. The molecule has 0 atom stereocenters. The van der Waals surface area contributed by atoms with Crippen LogP contribution < -0.4 is 14.8 Å². The minimum absolute atomic E-state index is 0.210. The number of ether oxygens (including phenoxy) is 2. The number of halogens is 1. The van der Waals surface area contributed by atoms with E-state index in [0.717, 1.165) is 4.47 Å². The smallest absolute Gasteiger partial charge is 0.255 e. The van der Waals surface area contributed by atoms with E-state index in [-0.39, 0.29) is 5.91 Å². The van der Waals surface area contributed by atoms with Gasteiger partial charge in [-0.05, 0) is 30.3 Å². The molecular weight excluding hydrogens is 322 g/mol. The van der Waals surface area contributed by atoms with Crippen LogP contribution in [-0.4, -0.2) is 20.1 Å². The van der Waals surface area contributed by atoms with E-state index in [2.05, 4.69) is 21.2 Å². The zero-order valence-corrected chi connectivity index (χ0v) is 12.7. The minimum Gasteiger partial charge on any atom is -0.497 e. The van der Waals surface area contributed by atoms with Crippen LogP contribution in [-0.2, 0) is 0 Å². The summed E-state index contributed by atoms with van der Waals surface area (Å²) in [5, 5.41) is 2.81. The first kappa shape index (κ1) is 14.4. The van der Waals surface area contributed by atoms with Crippen molar-refractivity contribution in [3.8, 4) is 11.5 Å². The Morgan fingerprint density at radius 1 is 1.10 bits per heavy atom. The van der Waals surface area contributed by atoms with E-state index in [4.69, 9.17) is 9.47 Å². The maximum absolute atomic E-state index is 12.2. The van der Waals surface area contributed by atoms with Gasteiger partial charge in [0, 0.05) is 16.1 Å². The first-order chi connectivity index (χ1) is 9.63. The van der Waals surface area contributed by atoms with Crippen LogP contribution in [0.5, 0.6) is 11.5 Å². The number of amides is 1. The van der Waals surface area contributed by atoms with Crippen LogP contribution in [0.2, 0.25) is 0 Å². The third-order valence-electron chi connectivity index (χ3n) is 2.74. The van der Waals surface area contributed by atoms with Crippen LogP contribution in [0.4, 0.5) is 5.69 Å². The highest BCUT2D eigenvalue weighted by Gasteiger charge is 2.11. The van der Waals surface area contributed by atoms with Gasteiger partial charge in [0.25, 0.3) is 5.91 Å². The first-order valence-electron chi connectivity index (χ1n) is 5.93. The van der Waals surface area contributed by atoms with Crippen LogP contribution >= 0.6 is 15.9 Å². The lowest BCUT2D eigenvalue weighted by molar-refractivity contribution is 0.102. The van der Waals surface area contributed by atoms with E-state index < -0.39 is 0 Å². The lowest BCUT2D eigenvalue weighted by Gasteiger charge is -2.11. The molecule has 0 heterocycles. The number of nitrogens with one attached hydrogen (secondary N) is 1. The summed E-state index contributed by atoms with van der Waals surface area (Å²) in [4.78, 5) is 12.2. The van der Waals surface area contributed by atoms with E-state index in [0.29, 0.717) is 22.7 Å². The lowest BCUT2D eigenvalue weighted by atomic mass is 10.2. The fourth-order valence-electron chi connectivity index (χ4n) is 1.74. The molecule has 20 heavy (non-hydrogen) atoms. The van der Waals surface area contributed by atoms with Crippen molar-refractivity contribution in [2.24, 2.45) is 0 Å². The molecule has 0 fully saturated rings. The van der Waals surface area contributed by atoms with E-state index >= 15 is 0 Å². The molecule has 2 rings (SSSR count). The molecule has 104 valence electrons. The summed E-state index contributed by atoms with van der Waals surface area (Å²) in [6.07, 6.45) is 0. The fourth-order valence-corrected chi connectivity index (χ4v) is 2.14. The number of benzene rings is 2. The Morgan fingerprint density at radius 3 is 2.55 bits per heavy atom. The molecule has 0 spiro atoms. The van der Waals surface area contributed by atoms with Gasteiger partial charge in [0.05, 0.1) is 19.9 Å². The number of hydrogen-bond acceptors (Lipinski definition) is 3. The number of rotatable bonds is 4. The SMILES string of the molecule is COc1ccc(OC)c(NC(=O)c2cccc(Br)c2)c1. The van der Waals surface area contributed by atoms with Gasteiger partial charge in [-0.15, -0.1) is 0 Å².